The lowest BCUT2D eigenvalue weighted by atomic mass is 10.1. The second-order valence-electron chi connectivity index (χ2n) is 7.40. The second kappa shape index (κ2) is 8.10. The zero-order chi connectivity index (χ0) is 21.3. The van der Waals surface area contributed by atoms with Crippen molar-refractivity contribution in [3.8, 4) is 0 Å². The first-order chi connectivity index (χ1) is 12.0. The lowest BCUT2D eigenvalue weighted by Crippen LogP contribution is -2.49. The van der Waals surface area contributed by atoms with Crippen LogP contribution < -0.4 is 0 Å². The fourth-order valence-corrected chi connectivity index (χ4v) is 2.94. The number of rotatable bonds is 0. The Morgan fingerprint density at radius 1 is 0.481 bits per heavy atom. The first-order valence-corrected chi connectivity index (χ1v) is 8.55. The summed E-state index contributed by atoms with van der Waals surface area (Å²) < 4.78 is 0. The van der Waals surface area contributed by atoms with E-state index in [9.17, 15) is 0 Å². The SMILES string of the molecule is OC1(O)CCCC1(O)O.OC1(O)CCCC1(O)O.OC1CCC(O)(O)C1O. The van der Waals surface area contributed by atoms with Gasteiger partial charge >= 0.3 is 0 Å². The van der Waals surface area contributed by atoms with Gasteiger partial charge in [0.2, 0.25) is 23.1 Å². The molecule has 3 saturated carbocycles. The third kappa shape index (κ3) is 5.76. The average molecular weight is 402 g/mol. The molecule has 2 atom stereocenters. The molecule has 3 fully saturated rings. The maximum Gasteiger partial charge on any atom is 0.218 e. The Balaban J connectivity index is 0.000000202. The molecule has 2 unspecified atom stereocenters. The molecule has 0 aromatic heterocycles. The lowest BCUT2D eigenvalue weighted by Gasteiger charge is -2.27. The van der Waals surface area contributed by atoms with Crippen LogP contribution in [0, 0.1) is 0 Å². The van der Waals surface area contributed by atoms with E-state index in [-0.39, 0.29) is 38.5 Å². The number of aliphatic hydroxyl groups is 12. The summed E-state index contributed by atoms with van der Waals surface area (Å²) in [6.45, 7) is 0. The van der Waals surface area contributed by atoms with E-state index in [0.717, 1.165) is 0 Å². The van der Waals surface area contributed by atoms with E-state index in [1.165, 1.54) is 0 Å². The smallest absolute Gasteiger partial charge is 0.218 e. The van der Waals surface area contributed by atoms with Crippen molar-refractivity contribution in [2.45, 2.75) is 92.5 Å². The van der Waals surface area contributed by atoms with E-state index in [4.69, 9.17) is 61.3 Å². The first kappa shape index (κ1) is 24.6. The number of aliphatic hydroxyl groups excluding tert-OH is 2. The standard InChI is InChI=1S/3C5H10O4/c6-3-1-2-5(8,9)4(3)7;2*6-4(7)2-1-3-5(4,8)9/h3-4,6-9H,1-2H2;2*6-9H,1-3H2. The maximum atomic E-state index is 8.78. The predicted molar refractivity (Wildman–Crippen MR) is 84.8 cm³/mol. The van der Waals surface area contributed by atoms with Gasteiger partial charge in [0.05, 0.1) is 6.10 Å². The molecule has 0 spiro atoms. The molecule has 12 nitrogen and oxygen atoms in total. The van der Waals surface area contributed by atoms with Gasteiger partial charge in [-0.15, -0.1) is 0 Å². The van der Waals surface area contributed by atoms with Crippen LogP contribution in [0.1, 0.15) is 51.4 Å². The lowest BCUT2D eigenvalue weighted by molar-refractivity contribution is -0.339. The molecule has 3 aliphatic carbocycles. The molecule has 0 heterocycles. The van der Waals surface area contributed by atoms with E-state index in [2.05, 4.69) is 0 Å². The van der Waals surface area contributed by atoms with Gasteiger partial charge in [-0.05, 0) is 19.3 Å². The van der Waals surface area contributed by atoms with Crippen molar-refractivity contribution in [2.24, 2.45) is 0 Å². The molecule has 0 saturated heterocycles. The van der Waals surface area contributed by atoms with Crippen molar-refractivity contribution < 1.29 is 61.3 Å². The fraction of sp³-hybridized carbons (Fsp3) is 1.00. The molecular formula is C15H30O12. The van der Waals surface area contributed by atoms with Crippen LogP contribution in [0.4, 0.5) is 0 Å². The summed E-state index contributed by atoms with van der Waals surface area (Å²) in [6, 6.07) is 0. The van der Waals surface area contributed by atoms with Gasteiger partial charge in [-0.2, -0.15) is 0 Å². The van der Waals surface area contributed by atoms with Gasteiger partial charge in [0, 0.05) is 32.1 Å². The first-order valence-electron chi connectivity index (χ1n) is 8.55. The summed E-state index contributed by atoms with van der Waals surface area (Å²) >= 11 is 0. The van der Waals surface area contributed by atoms with Gasteiger partial charge in [0.1, 0.15) is 6.10 Å². The summed E-state index contributed by atoms with van der Waals surface area (Å²) in [4.78, 5) is 0. The Kier molecular flexibility index (Phi) is 7.37. The maximum absolute atomic E-state index is 8.78. The van der Waals surface area contributed by atoms with Gasteiger partial charge in [0.15, 0.2) is 5.79 Å². The normalized spacial score (nSPS) is 34.2. The topological polar surface area (TPSA) is 243 Å². The average Bonchev–Trinajstić information content (AvgIpc) is 2.99. The van der Waals surface area contributed by atoms with Gasteiger partial charge in [-0.3, -0.25) is 0 Å². The third-order valence-electron chi connectivity index (χ3n) is 5.03. The van der Waals surface area contributed by atoms with E-state index >= 15 is 0 Å². The second-order valence-corrected chi connectivity index (χ2v) is 7.40. The fourth-order valence-electron chi connectivity index (χ4n) is 2.94. The van der Waals surface area contributed by atoms with Crippen molar-refractivity contribution in [1.29, 1.82) is 0 Å². The monoisotopic (exact) mass is 402 g/mol. The zero-order valence-electron chi connectivity index (χ0n) is 14.7. The van der Waals surface area contributed by atoms with Gasteiger partial charge < -0.3 is 61.3 Å². The Morgan fingerprint density at radius 3 is 0.852 bits per heavy atom. The minimum Gasteiger partial charge on any atom is -0.390 e. The van der Waals surface area contributed by atoms with Crippen LogP contribution in [0.5, 0.6) is 0 Å². The van der Waals surface area contributed by atoms with Crippen molar-refractivity contribution in [2.75, 3.05) is 0 Å². The quantitative estimate of drug-likeness (QED) is 0.171. The highest BCUT2D eigenvalue weighted by molar-refractivity contribution is 4.90. The van der Waals surface area contributed by atoms with E-state index in [1.54, 1.807) is 0 Å². The largest absolute Gasteiger partial charge is 0.390 e. The summed E-state index contributed by atoms with van der Waals surface area (Å²) in [7, 11) is 0. The Hall–Kier alpha value is -0.480. The Bertz CT molecular complexity index is 429. The van der Waals surface area contributed by atoms with E-state index in [0.29, 0.717) is 12.8 Å². The van der Waals surface area contributed by atoms with Crippen LogP contribution in [0.15, 0.2) is 0 Å². The molecule has 0 aromatic rings. The molecule has 27 heavy (non-hydrogen) atoms. The zero-order valence-corrected chi connectivity index (χ0v) is 14.7. The van der Waals surface area contributed by atoms with Gasteiger partial charge in [-0.25, -0.2) is 0 Å². The summed E-state index contributed by atoms with van der Waals surface area (Å²) in [5, 5.41) is 105. The molecule has 12 N–H and O–H groups in total. The van der Waals surface area contributed by atoms with Crippen LogP contribution in [0.25, 0.3) is 0 Å². The van der Waals surface area contributed by atoms with Crippen molar-refractivity contribution in [3.05, 3.63) is 0 Å². The minimum atomic E-state index is -2.30. The molecule has 162 valence electrons. The van der Waals surface area contributed by atoms with Crippen LogP contribution in [0.2, 0.25) is 0 Å². The number of hydrogen-bond donors (Lipinski definition) is 12. The van der Waals surface area contributed by atoms with Crippen molar-refractivity contribution >= 4 is 0 Å². The van der Waals surface area contributed by atoms with Crippen molar-refractivity contribution in [3.63, 3.8) is 0 Å². The molecule has 0 radical (unpaired) electrons. The Labute approximate surface area is 154 Å². The van der Waals surface area contributed by atoms with Crippen LogP contribution in [0.3, 0.4) is 0 Å². The van der Waals surface area contributed by atoms with Crippen LogP contribution in [-0.2, 0) is 0 Å². The highest BCUT2D eigenvalue weighted by atomic mass is 16.6. The van der Waals surface area contributed by atoms with Crippen LogP contribution >= 0.6 is 0 Å². The molecule has 0 amide bonds. The van der Waals surface area contributed by atoms with Gasteiger partial charge in [-0.1, -0.05) is 0 Å². The summed E-state index contributed by atoms with van der Waals surface area (Å²) in [5.74, 6) is -11.3. The summed E-state index contributed by atoms with van der Waals surface area (Å²) in [6.07, 6.45) is -1.14. The van der Waals surface area contributed by atoms with Crippen molar-refractivity contribution in [1.82, 2.24) is 0 Å². The Morgan fingerprint density at radius 2 is 0.778 bits per heavy atom. The predicted octanol–water partition coefficient (Wildman–Crippen LogP) is -4.75. The van der Waals surface area contributed by atoms with Crippen LogP contribution in [-0.4, -0.2) is 102 Å². The molecule has 3 aliphatic rings. The molecule has 0 aromatic carbocycles. The highest BCUT2D eigenvalue weighted by Gasteiger charge is 2.51. The summed E-state index contributed by atoms with van der Waals surface area (Å²) in [5.41, 5.74) is 0. The molecule has 3 rings (SSSR count). The number of hydrogen-bond acceptors (Lipinski definition) is 12. The minimum absolute atomic E-state index is 0.0278. The third-order valence-corrected chi connectivity index (χ3v) is 5.03. The highest BCUT2D eigenvalue weighted by Crippen LogP contribution is 2.35. The molecule has 0 bridgehead atoms. The molecule has 0 aliphatic heterocycles. The van der Waals surface area contributed by atoms with E-state index in [1.807, 2.05) is 0 Å². The van der Waals surface area contributed by atoms with E-state index < -0.39 is 41.1 Å². The van der Waals surface area contributed by atoms with Gasteiger partial charge in [0.25, 0.3) is 0 Å². The molecule has 12 heteroatoms. The molecular weight excluding hydrogens is 372 g/mol.